The van der Waals surface area contributed by atoms with Gasteiger partial charge in [0.15, 0.2) is 0 Å². The lowest BCUT2D eigenvalue weighted by Crippen LogP contribution is -2.07. The highest BCUT2D eigenvalue weighted by molar-refractivity contribution is 14.1. The number of nitrogens with two attached hydrogens (primary N) is 1. The smallest absolute Gasteiger partial charge is 0.266 e. The maximum atomic E-state index is 12.5. The number of alkyl halides is 2. The zero-order valence-electron chi connectivity index (χ0n) is 6.60. The predicted octanol–water partition coefficient (Wildman–Crippen LogP) is 2.58. The topological polar surface area (TPSA) is 56.0 Å². The molecule has 0 radical (unpaired) electrons. The van der Waals surface area contributed by atoms with Crippen molar-refractivity contribution in [2.75, 3.05) is 5.73 Å². The molecule has 7 heteroatoms. The SMILES string of the molecule is Nc1cnc(I)c(C(=O)Cl)c1C(F)F. The van der Waals surface area contributed by atoms with Gasteiger partial charge < -0.3 is 5.73 Å². The standard InChI is InChI=1S/C7H4ClF2IN2O/c8-5(14)4-3(6(9)10)2(12)1-13-7(4)11/h1,6H,12H2. The van der Waals surface area contributed by atoms with Crippen LogP contribution in [0.2, 0.25) is 0 Å². The largest absolute Gasteiger partial charge is 0.397 e. The van der Waals surface area contributed by atoms with E-state index in [9.17, 15) is 13.6 Å². The summed E-state index contributed by atoms with van der Waals surface area (Å²) in [6.45, 7) is 0. The van der Waals surface area contributed by atoms with Crippen molar-refractivity contribution in [1.82, 2.24) is 4.98 Å². The van der Waals surface area contributed by atoms with Crippen LogP contribution in [-0.2, 0) is 0 Å². The number of hydrogen-bond donors (Lipinski definition) is 1. The lowest BCUT2D eigenvalue weighted by atomic mass is 10.1. The molecular formula is C7H4ClF2IN2O. The third-order valence-corrected chi connectivity index (χ3v) is 2.53. The van der Waals surface area contributed by atoms with Crippen molar-refractivity contribution in [3.05, 3.63) is 21.0 Å². The van der Waals surface area contributed by atoms with E-state index < -0.39 is 17.2 Å². The Labute approximate surface area is 96.8 Å². The average Bonchev–Trinajstić information content (AvgIpc) is 2.07. The van der Waals surface area contributed by atoms with Gasteiger partial charge >= 0.3 is 0 Å². The molecule has 76 valence electrons. The Morgan fingerprint density at radius 1 is 1.64 bits per heavy atom. The molecule has 0 atom stereocenters. The number of pyridine rings is 1. The van der Waals surface area contributed by atoms with E-state index in [4.69, 9.17) is 17.3 Å². The van der Waals surface area contributed by atoms with Crippen LogP contribution in [0.25, 0.3) is 0 Å². The Balaban J connectivity index is 3.50. The van der Waals surface area contributed by atoms with Crippen LogP contribution in [0.3, 0.4) is 0 Å². The third kappa shape index (κ3) is 2.11. The van der Waals surface area contributed by atoms with Crippen molar-refractivity contribution < 1.29 is 13.6 Å². The summed E-state index contributed by atoms with van der Waals surface area (Å²) in [5.41, 5.74) is 4.17. The summed E-state index contributed by atoms with van der Waals surface area (Å²) in [5.74, 6) is 0. The molecule has 0 unspecified atom stereocenters. The summed E-state index contributed by atoms with van der Waals surface area (Å²) in [6, 6.07) is 0. The first-order valence-electron chi connectivity index (χ1n) is 3.37. The zero-order chi connectivity index (χ0) is 10.9. The Bertz CT molecular complexity index is 386. The second-order valence-corrected chi connectivity index (χ2v) is 3.73. The van der Waals surface area contributed by atoms with E-state index in [-0.39, 0.29) is 15.0 Å². The zero-order valence-corrected chi connectivity index (χ0v) is 9.51. The Kier molecular flexibility index (Phi) is 3.59. The van der Waals surface area contributed by atoms with E-state index in [1.807, 2.05) is 0 Å². The van der Waals surface area contributed by atoms with E-state index in [0.29, 0.717) is 0 Å². The normalized spacial score (nSPS) is 10.6. The molecule has 1 aromatic rings. The molecule has 0 saturated heterocycles. The van der Waals surface area contributed by atoms with Crippen LogP contribution in [0, 0.1) is 3.70 Å². The van der Waals surface area contributed by atoms with Crippen LogP contribution in [0.5, 0.6) is 0 Å². The molecule has 0 bridgehead atoms. The predicted molar refractivity (Wildman–Crippen MR) is 56.5 cm³/mol. The first kappa shape index (κ1) is 11.6. The van der Waals surface area contributed by atoms with Crippen molar-refractivity contribution in [2.45, 2.75) is 6.43 Å². The van der Waals surface area contributed by atoms with Gasteiger partial charge in [-0.25, -0.2) is 13.8 Å². The van der Waals surface area contributed by atoms with E-state index in [1.165, 1.54) is 0 Å². The minimum atomic E-state index is -2.84. The Morgan fingerprint density at radius 3 is 2.57 bits per heavy atom. The molecule has 0 spiro atoms. The number of anilines is 1. The van der Waals surface area contributed by atoms with Crippen molar-refractivity contribution in [3.8, 4) is 0 Å². The van der Waals surface area contributed by atoms with Crippen LogP contribution in [0.4, 0.5) is 14.5 Å². The average molecular weight is 332 g/mol. The minimum Gasteiger partial charge on any atom is -0.397 e. The van der Waals surface area contributed by atoms with Gasteiger partial charge in [0, 0.05) is 0 Å². The number of carbonyl (C=O) groups excluding carboxylic acids is 1. The number of carbonyl (C=O) groups is 1. The molecule has 0 aliphatic carbocycles. The van der Waals surface area contributed by atoms with Gasteiger partial charge in [0.1, 0.15) is 3.70 Å². The third-order valence-electron chi connectivity index (χ3n) is 1.52. The number of halogens is 4. The van der Waals surface area contributed by atoms with Crippen LogP contribution in [0.15, 0.2) is 6.20 Å². The number of nitrogen functional groups attached to an aromatic ring is 1. The summed E-state index contributed by atoms with van der Waals surface area (Å²) in [5, 5.41) is -0.982. The second kappa shape index (κ2) is 4.35. The minimum absolute atomic E-state index is 0.118. The Hall–Kier alpha value is -0.500. The fraction of sp³-hybridized carbons (Fsp3) is 0.143. The number of nitrogens with zero attached hydrogens (tertiary/aromatic N) is 1. The van der Waals surface area contributed by atoms with Crippen molar-refractivity contribution in [1.29, 1.82) is 0 Å². The van der Waals surface area contributed by atoms with Crippen LogP contribution in [-0.4, -0.2) is 10.2 Å². The van der Waals surface area contributed by atoms with Crippen molar-refractivity contribution in [2.24, 2.45) is 0 Å². The highest BCUT2D eigenvalue weighted by Crippen LogP contribution is 2.31. The molecule has 14 heavy (non-hydrogen) atoms. The Morgan fingerprint density at radius 2 is 2.21 bits per heavy atom. The fourth-order valence-corrected chi connectivity index (χ4v) is 1.96. The lowest BCUT2D eigenvalue weighted by Gasteiger charge is -2.09. The number of aromatic nitrogens is 1. The molecule has 0 aliphatic heterocycles. The van der Waals surface area contributed by atoms with Crippen LogP contribution in [0.1, 0.15) is 22.3 Å². The van der Waals surface area contributed by atoms with Crippen LogP contribution >= 0.6 is 34.2 Å². The van der Waals surface area contributed by atoms with E-state index in [1.54, 1.807) is 22.6 Å². The van der Waals surface area contributed by atoms with Gasteiger partial charge in [0.05, 0.1) is 23.0 Å². The highest BCUT2D eigenvalue weighted by atomic mass is 127. The molecule has 0 aromatic carbocycles. The first-order chi connectivity index (χ1) is 6.45. The van der Waals surface area contributed by atoms with Gasteiger partial charge in [0.2, 0.25) is 0 Å². The monoisotopic (exact) mass is 332 g/mol. The molecule has 0 aliphatic rings. The number of rotatable bonds is 2. The number of hydrogen-bond acceptors (Lipinski definition) is 3. The lowest BCUT2D eigenvalue weighted by molar-refractivity contribution is 0.106. The molecule has 1 rings (SSSR count). The molecule has 1 heterocycles. The molecule has 2 N–H and O–H groups in total. The molecule has 0 fully saturated rings. The summed E-state index contributed by atoms with van der Waals surface area (Å²) in [7, 11) is 0. The van der Waals surface area contributed by atoms with Gasteiger partial charge in [-0.1, -0.05) is 0 Å². The summed E-state index contributed by atoms with van der Waals surface area (Å²) in [6.07, 6.45) is -1.77. The second-order valence-electron chi connectivity index (χ2n) is 2.37. The highest BCUT2D eigenvalue weighted by Gasteiger charge is 2.23. The van der Waals surface area contributed by atoms with E-state index in [2.05, 4.69) is 4.98 Å². The molecule has 1 aromatic heterocycles. The van der Waals surface area contributed by atoms with Gasteiger partial charge in [0.25, 0.3) is 11.7 Å². The molecule has 0 amide bonds. The van der Waals surface area contributed by atoms with Gasteiger partial charge in [-0.2, -0.15) is 0 Å². The fourth-order valence-electron chi connectivity index (χ4n) is 0.938. The molecule has 0 saturated carbocycles. The van der Waals surface area contributed by atoms with Crippen molar-refractivity contribution >= 4 is 45.1 Å². The molecule has 3 nitrogen and oxygen atoms in total. The summed E-state index contributed by atoms with van der Waals surface area (Å²) >= 11 is 6.80. The first-order valence-corrected chi connectivity index (χ1v) is 4.82. The summed E-state index contributed by atoms with van der Waals surface area (Å²) in [4.78, 5) is 14.5. The van der Waals surface area contributed by atoms with Gasteiger partial charge in [-0.15, -0.1) is 0 Å². The van der Waals surface area contributed by atoms with Gasteiger partial charge in [-0.05, 0) is 34.2 Å². The van der Waals surface area contributed by atoms with E-state index >= 15 is 0 Å². The van der Waals surface area contributed by atoms with Crippen LogP contribution < -0.4 is 5.73 Å². The quantitative estimate of drug-likeness (QED) is 0.514. The summed E-state index contributed by atoms with van der Waals surface area (Å²) < 4.78 is 25.1. The maximum Gasteiger partial charge on any atom is 0.266 e. The maximum absolute atomic E-state index is 12.5. The van der Waals surface area contributed by atoms with Gasteiger partial charge in [-0.3, -0.25) is 4.79 Å². The van der Waals surface area contributed by atoms with E-state index in [0.717, 1.165) is 6.20 Å². The van der Waals surface area contributed by atoms with Crippen molar-refractivity contribution in [3.63, 3.8) is 0 Å². The molecular weight excluding hydrogens is 328 g/mol.